The van der Waals surface area contributed by atoms with Gasteiger partial charge in [0, 0.05) is 18.5 Å². The summed E-state index contributed by atoms with van der Waals surface area (Å²) >= 11 is 1.58. The van der Waals surface area contributed by atoms with Crippen LogP contribution in [-0.4, -0.2) is 70.8 Å². The Morgan fingerprint density at radius 3 is 2.38 bits per heavy atom. The number of aliphatic hydroxyl groups is 1. The quantitative estimate of drug-likeness (QED) is 0.339. The highest BCUT2D eigenvalue weighted by molar-refractivity contribution is 7.99. The van der Waals surface area contributed by atoms with Gasteiger partial charge >= 0.3 is 5.97 Å². The average Bonchev–Trinajstić information content (AvgIpc) is 2.54. The van der Waals surface area contributed by atoms with Gasteiger partial charge in [-0.3, -0.25) is 4.79 Å². The lowest BCUT2D eigenvalue weighted by Gasteiger charge is -2.32. The van der Waals surface area contributed by atoms with Crippen LogP contribution in [0.2, 0.25) is 0 Å². The minimum absolute atomic E-state index is 0.00175. The Labute approximate surface area is 147 Å². The molecule has 0 saturated carbocycles. The van der Waals surface area contributed by atoms with Gasteiger partial charge in [-0.25, -0.2) is 4.79 Å². The molecule has 0 aliphatic rings. The summed E-state index contributed by atoms with van der Waals surface area (Å²) in [4.78, 5) is 24.0. The Kier molecular flexibility index (Phi) is 11.2. The highest BCUT2D eigenvalue weighted by Crippen LogP contribution is 2.18. The van der Waals surface area contributed by atoms with Crippen LogP contribution in [0.25, 0.3) is 0 Å². The van der Waals surface area contributed by atoms with Crippen LogP contribution in [0.4, 0.5) is 0 Å². The second kappa shape index (κ2) is 11.6. The van der Waals surface area contributed by atoms with Gasteiger partial charge in [0.1, 0.15) is 6.61 Å². The molecule has 0 spiro atoms. The van der Waals surface area contributed by atoms with Crippen molar-refractivity contribution in [1.29, 1.82) is 0 Å². The van der Waals surface area contributed by atoms with E-state index in [0.717, 1.165) is 5.75 Å². The van der Waals surface area contributed by atoms with Gasteiger partial charge in [-0.05, 0) is 19.1 Å². The Morgan fingerprint density at radius 1 is 1.33 bits per heavy atom. The van der Waals surface area contributed by atoms with Gasteiger partial charge in [-0.1, -0.05) is 20.8 Å². The van der Waals surface area contributed by atoms with Gasteiger partial charge in [0.2, 0.25) is 0 Å². The summed E-state index contributed by atoms with van der Waals surface area (Å²) in [6, 6.07) is -0.631. The molecule has 0 aromatic heterocycles. The number of carbonyl (C=O) groups is 2. The van der Waals surface area contributed by atoms with Crippen molar-refractivity contribution in [2.45, 2.75) is 57.2 Å². The maximum Gasteiger partial charge on any atom is 0.359 e. The molecule has 8 nitrogen and oxygen atoms in total. The molecule has 24 heavy (non-hydrogen) atoms. The Balaban J connectivity index is 5.31. The van der Waals surface area contributed by atoms with Crippen LogP contribution < -0.4 is 11.1 Å². The van der Waals surface area contributed by atoms with Crippen LogP contribution in [-0.2, 0) is 19.1 Å². The monoisotopic (exact) mass is 366 g/mol. The number of nitrogens with two attached hydrogens (primary N) is 1. The third kappa shape index (κ3) is 6.56. The molecule has 0 rings (SSSR count). The van der Waals surface area contributed by atoms with E-state index in [9.17, 15) is 19.8 Å². The van der Waals surface area contributed by atoms with Gasteiger partial charge in [0.05, 0.1) is 6.04 Å². The predicted octanol–water partition coefficient (Wildman–Crippen LogP) is 0.176. The Hall–Kier alpha value is -0.870. The fourth-order valence-electron chi connectivity index (χ4n) is 2.05. The highest BCUT2D eigenvalue weighted by Gasteiger charge is 2.43. The second-order valence-electron chi connectivity index (χ2n) is 5.24. The van der Waals surface area contributed by atoms with E-state index in [1.54, 1.807) is 18.7 Å². The molecule has 5 N–H and O–H groups in total. The number of thioether (sulfide) groups is 1. The smallest absolute Gasteiger partial charge is 0.359 e. The zero-order valence-electron chi connectivity index (χ0n) is 14.8. The number of aliphatic hydroxyl groups excluding tert-OH is 1. The summed E-state index contributed by atoms with van der Waals surface area (Å²) in [6.45, 7) is 6.72. The number of carboxylic acids is 1. The van der Waals surface area contributed by atoms with E-state index in [1.165, 1.54) is 0 Å². The van der Waals surface area contributed by atoms with Crippen molar-refractivity contribution < 1.29 is 29.3 Å². The second-order valence-corrected chi connectivity index (χ2v) is 6.90. The third-order valence-corrected chi connectivity index (χ3v) is 4.54. The van der Waals surface area contributed by atoms with E-state index in [4.69, 9.17) is 15.2 Å². The number of hydrogen-bond acceptors (Lipinski definition) is 7. The van der Waals surface area contributed by atoms with E-state index in [1.807, 2.05) is 20.8 Å². The summed E-state index contributed by atoms with van der Waals surface area (Å²) in [6.07, 6.45) is -0.355. The maximum atomic E-state index is 12.6. The first kappa shape index (κ1) is 23.1. The topological polar surface area (TPSA) is 131 Å². The normalized spacial score (nSPS) is 17.6. The van der Waals surface area contributed by atoms with Crippen LogP contribution in [0.3, 0.4) is 0 Å². The van der Waals surface area contributed by atoms with Gasteiger partial charge in [-0.15, -0.1) is 0 Å². The Morgan fingerprint density at radius 2 is 1.96 bits per heavy atom. The molecule has 9 heteroatoms. The molecule has 1 amide bonds. The predicted molar refractivity (Wildman–Crippen MR) is 92.8 cm³/mol. The fraction of sp³-hybridized carbons (Fsp3) is 0.867. The molecule has 3 unspecified atom stereocenters. The summed E-state index contributed by atoms with van der Waals surface area (Å²) in [5.41, 5.74) is 3.93. The molecule has 0 aliphatic heterocycles. The van der Waals surface area contributed by atoms with E-state index in [0.29, 0.717) is 13.0 Å². The average molecular weight is 366 g/mol. The minimum Gasteiger partial charge on any atom is -0.478 e. The lowest BCUT2D eigenvalue weighted by atomic mass is 10.1. The SMILES string of the molecule is CCCOC(C(=O)NC(CO)(OCC)C(=O)O)[C@H](N)C(C)SCC. The number of amides is 1. The van der Waals surface area contributed by atoms with Crippen molar-refractivity contribution >= 4 is 23.6 Å². The molecule has 0 aromatic carbocycles. The van der Waals surface area contributed by atoms with Gasteiger partial charge < -0.3 is 30.7 Å². The molecular formula is C15H30N2O6S. The molecule has 0 heterocycles. The van der Waals surface area contributed by atoms with Crippen molar-refractivity contribution in [2.24, 2.45) is 5.73 Å². The molecule has 0 radical (unpaired) electrons. The molecule has 4 atom stereocenters. The molecule has 142 valence electrons. The molecule has 0 fully saturated rings. The first-order valence-electron chi connectivity index (χ1n) is 8.08. The van der Waals surface area contributed by atoms with Crippen LogP contribution >= 0.6 is 11.8 Å². The number of nitrogens with one attached hydrogen (secondary N) is 1. The van der Waals surface area contributed by atoms with Crippen molar-refractivity contribution in [1.82, 2.24) is 5.32 Å². The van der Waals surface area contributed by atoms with Gasteiger partial charge in [0.15, 0.2) is 6.10 Å². The number of aliphatic carboxylic acids is 1. The summed E-state index contributed by atoms with van der Waals surface area (Å²) in [7, 11) is 0. The van der Waals surface area contributed by atoms with Crippen LogP contribution in [0.5, 0.6) is 0 Å². The highest BCUT2D eigenvalue weighted by atomic mass is 32.2. The van der Waals surface area contributed by atoms with Crippen LogP contribution in [0.15, 0.2) is 0 Å². The van der Waals surface area contributed by atoms with Crippen molar-refractivity contribution in [2.75, 3.05) is 25.6 Å². The summed E-state index contributed by atoms with van der Waals surface area (Å²) in [5.74, 6) is -1.38. The molecule has 0 saturated heterocycles. The molecular weight excluding hydrogens is 336 g/mol. The van der Waals surface area contributed by atoms with E-state index < -0.39 is 36.4 Å². The fourth-order valence-corrected chi connectivity index (χ4v) is 2.94. The minimum atomic E-state index is -2.21. The van der Waals surface area contributed by atoms with E-state index in [-0.39, 0.29) is 11.9 Å². The van der Waals surface area contributed by atoms with Crippen molar-refractivity contribution in [3.63, 3.8) is 0 Å². The van der Waals surface area contributed by atoms with Gasteiger partial charge in [0.25, 0.3) is 11.6 Å². The lowest BCUT2D eigenvalue weighted by Crippen LogP contribution is -2.63. The maximum absolute atomic E-state index is 12.6. The molecule has 0 bridgehead atoms. The molecule has 0 aliphatic carbocycles. The first-order chi connectivity index (χ1) is 11.3. The standard InChI is InChI=1S/C15H30N2O6S/c1-5-8-22-12(11(16)10(4)24-7-3)13(19)17-15(9-18,14(20)21)23-6-2/h10-12,18H,5-9,16H2,1-4H3,(H,17,19)(H,20,21)/t10?,11-,12?,15?/m1/s1. The largest absolute Gasteiger partial charge is 0.478 e. The van der Waals surface area contributed by atoms with E-state index in [2.05, 4.69) is 5.32 Å². The lowest BCUT2D eigenvalue weighted by molar-refractivity contribution is -0.182. The van der Waals surface area contributed by atoms with Crippen LogP contribution in [0.1, 0.15) is 34.1 Å². The summed E-state index contributed by atoms with van der Waals surface area (Å²) < 4.78 is 10.6. The first-order valence-corrected chi connectivity index (χ1v) is 9.13. The van der Waals surface area contributed by atoms with Crippen LogP contribution in [0, 0.1) is 0 Å². The summed E-state index contributed by atoms with van der Waals surface area (Å²) in [5, 5.41) is 20.9. The third-order valence-electron chi connectivity index (χ3n) is 3.37. The number of rotatable bonds is 13. The number of ether oxygens (including phenoxy) is 2. The zero-order chi connectivity index (χ0) is 18.8. The van der Waals surface area contributed by atoms with Crippen molar-refractivity contribution in [3.05, 3.63) is 0 Å². The molecule has 0 aromatic rings. The number of hydrogen-bond donors (Lipinski definition) is 4. The van der Waals surface area contributed by atoms with Crippen molar-refractivity contribution in [3.8, 4) is 0 Å². The van der Waals surface area contributed by atoms with E-state index >= 15 is 0 Å². The Bertz CT molecular complexity index is 398. The zero-order valence-corrected chi connectivity index (χ0v) is 15.6. The van der Waals surface area contributed by atoms with Gasteiger partial charge in [-0.2, -0.15) is 11.8 Å². The number of carboxylic acid groups (broad SMARTS) is 1. The number of carbonyl (C=O) groups excluding carboxylic acids is 1.